The van der Waals surface area contributed by atoms with E-state index < -0.39 is 0 Å². The highest BCUT2D eigenvalue weighted by Gasteiger charge is 2.20. The highest BCUT2D eigenvalue weighted by Crippen LogP contribution is 2.26. The number of hydrogen-bond acceptors (Lipinski definition) is 6. The Labute approximate surface area is 118 Å². The lowest BCUT2D eigenvalue weighted by atomic mass is 9.98. The number of aromatic nitrogens is 2. The zero-order valence-electron chi connectivity index (χ0n) is 11.5. The van der Waals surface area contributed by atoms with E-state index in [9.17, 15) is 5.11 Å². The molecule has 0 radical (unpaired) electrons. The number of rotatable bonds is 5. The van der Waals surface area contributed by atoms with Crippen LogP contribution in [0.4, 0.5) is 5.82 Å². The van der Waals surface area contributed by atoms with Crippen LogP contribution in [-0.4, -0.2) is 47.6 Å². The Morgan fingerprint density at radius 2 is 2.16 bits per heavy atom. The van der Waals surface area contributed by atoms with Gasteiger partial charge in [0.2, 0.25) is 5.88 Å². The third-order valence-corrected chi connectivity index (χ3v) is 3.89. The molecule has 1 aromatic heterocycles. The normalized spacial score (nSPS) is 16.7. The van der Waals surface area contributed by atoms with E-state index in [1.807, 2.05) is 19.2 Å². The van der Waals surface area contributed by atoms with Gasteiger partial charge in [0, 0.05) is 25.8 Å². The molecule has 0 atom stereocenters. The molecule has 0 bridgehead atoms. The van der Waals surface area contributed by atoms with Gasteiger partial charge in [-0.25, -0.2) is 4.98 Å². The van der Waals surface area contributed by atoms with Gasteiger partial charge in [0.25, 0.3) is 0 Å². The van der Waals surface area contributed by atoms with E-state index in [1.165, 1.54) is 11.8 Å². The third kappa shape index (κ3) is 3.73. The fourth-order valence-corrected chi connectivity index (χ4v) is 2.58. The summed E-state index contributed by atoms with van der Waals surface area (Å²) in [6.07, 6.45) is 3.99. The Morgan fingerprint density at radius 1 is 1.42 bits per heavy atom. The highest BCUT2D eigenvalue weighted by molar-refractivity contribution is 7.98. The second-order valence-corrected chi connectivity index (χ2v) is 5.37. The van der Waals surface area contributed by atoms with Crippen molar-refractivity contribution >= 4 is 17.6 Å². The maximum absolute atomic E-state index is 9.18. The smallest absolute Gasteiger partial charge is 0.219 e. The molecular formula is C13H21N3O2S. The summed E-state index contributed by atoms with van der Waals surface area (Å²) in [5.41, 5.74) is 0. The summed E-state index contributed by atoms with van der Waals surface area (Å²) in [7, 11) is 0. The second-order valence-electron chi connectivity index (χ2n) is 4.60. The number of nitrogens with zero attached hydrogens (tertiary/aromatic N) is 3. The number of aliphatic hydroxyl groups excluding tert-OH is 1. The lowest BCUT2D eigenvalue weighted by Crippen LogP contribution is -2.35. The molecule has 0 aliphatic carbocycles. The molecule has 1 aromatic rings. The summed E-state index contributed by atoms with van der Waals surface area (Å²) in [5, 5.41) is 9.92. The van der Waals surface area contributed by atoms with Crippen molar-refractivity contribution in [3.05, 3.63) is 6.07 Å². The van der Waals surface area contributed by atoms with Crippen LogP contribution in [0.25, 0.3) is 0 Å². The Balaban J connectivity index is 2.12. The number of hydrogen-bond donors (Lipinski definition) is 1. The van der Waals surface area contributed by atoms with Crippen LogP contribution in [0.3, 0.4) is 0 Å². The number of ether oxygens (including phenoxy) is 1. The molecular weight excluding hydrogens is 262 g/mol. The van der Waals surface area contributed by atoms with Crippen molar-refractivity contribution in [2.24, 2.45) is 5.92 Å². The molecule has 2 rings (SSSR count). The van der Waals surface area contributed by atoms with E-state index in [0.29, 0.717) is 18.4 Å². The van der Waals surface area contributed by atoms with Crippen LogP contribution in [0.5, 0.6) is 5.88 Å². The van der Waals surface area contributed by atoms with Gasteiger partial charge in [-0.1, -0.05) is 11.8 Å². The Morgan fingerprint density at radius 3 is 2.74 bits per heavy atom. The molecule has 6 heteroatoms. The standard InChI is InChI=1S/C13H21N3O2S/c1-3-18-12-8-11(14-13(15-12)19-2)16-6-4-10(9-17)5-7-16/h8,10,17H,3-7,9H2,1-2H3. The Bertz CT molecular complexity index is 409. The molecule has 0 saturated carbocycles. The van der Waals surface area contributed by atoms with E-state index in [4.69, 9.17) is 4.74 Å². The van der Waals surface area contributed by atoms with Gasteiger partial charge < -0.3 is 14.7 Å². The van der Waals surface area contributed by atoms with Gasteiger partial charge in [-0.2, -0.15) is 4.98 Å². The van der Waals surface area contributed by atoms with Crippen molar-refractivity contribution < 1.29 is 9.84 Å². The first-order valence-electron chi connectivity index (χ1n) is 6.68. The van der Waals surface area contributed by atoms with Crippen LogP contribution in [0, 0.1) is 5.92 Å². The fourth-order valence-electron chi connectivity index (χ4n) is 2.21. The van der Waals surface area contributed by atoms with E-state index >= 15 is 0 Å². The van der Waals surface area contributed by atoms with Crippen molar-refractivity contribution in [3.63, 3.8) is 0 Å². The average Bonchev–Trinajstić information content (AvgIpc) is 2.47. The molecule has 19 heavy (non-hydrogen) atoms. The number of anilines is 1. The minimum Gasteiger partial charge on any atom is -0.478 e. The first kappa shape index (κ1) is 14.4. The molecule has 1 aliphatic rings. The molecule has 0 amide bonds. The van der Waals surface area contributed by atoms with E-state index in [1.54, 1.807) is 0 Å². The summed E-state index contributed by atoms with van der Waals surface area (Å²) >= 11 is 1.52. The molecule has 0 aromatic carbocycles. The molecule has 106 valence electrons. The van der Waals surface area contributed by atoms with Gasteiger partial charge in [-0.15, -0.1) is 0 Å². The minimum atomic E-state index is 0.290. The highest BCUT2D eigenvalue weighted by atomic mass is 32.2. The van der Waals surface area contributed by atoms with Crippen molar-refractivity contribution in [1.82, 2.24) is 9.97 Å². The van der Waals surface area contributed by atoms with Gasteiger partial charge in [0.1, 0.15) is 5.82 Å². The zero-order chi connectivity index (χ0) is 13.7. The maximum Gasteiger partial charge on any atom is 0.219 e. The van der Waals surface area contributed by atoms with Crippen molar-refractivity contribution in [2.45, 2.75) is 24.9 Å². The lowest BCUT2D eigenvalue weighted by Gasteiger charge is -2.32. The monoisotopic (exact) mass is 283 g/mol. The van der Waals surface area contributed by atoms with Gasteiger partial charge in [0.05, 0.1) is 6.61 Å². The topological polar surface area (TPSA) is 58.5 Å². The predicted molar refractivity (Wildman–Crippen MR) is 77.0 cm³/mol. The molecule has 5 nitrogen and oxygen atoms in total. The molecule has 1 fully saturated rings. The summed E-state index contributed by atoms with van der Waals surface area (Å²) in [6.45, 7) is 4.71. The van der Waals surface area contributed by atoms with Crippen LogP contribution in [0.15, 0.2) is 11.2 Å². The van der Waals surface area contributed by atoms with E-state index in [-0.39, 0.29) is 6.61 Å². The number of aliphatic hydroxyl groups is 1. The van der Waals surface area contributed by atoms with Crippen LogP contribution < -0.4 is 9.64 Å². The summed E-state index contributed by atoms with van der Waals surface area (Å²) in [4.78, 5) is 11.1. The number of thioether (sulfide) groups is 1. The third-order valence-electron chi connectivity index (χ3n) is 3.34. The minimum absolute atomic E-state index is 0.290. The summed E-state index contributed by atoms with van der Waals surface area (Å²) in [6, 6.07) is 1.91. The lowest BCUT2D eigenvalue weighted by molar-refractivity contribution is 0.202. The van der Waals surface area contributed by atoms with Gasteiger partial charge in [0.15, 0.2) is 5.16 Å². The Hall–Kier alpha value is -1.01. The molecule has 1 aliphatic heterocycles. The predicted octanol–water partition coefficient (Wildman–Crippen LogP) is 1.81. The summed E-state index contributed by atoms with van der Waals surface area (Å²) in [5.74, 6) is 2.00. The van der Waals surface area contributed by atoms with Crippen LogP contribution in [0.2, 0.25) is 0 Å². The molecule has 0 unspecified atom stereocenters. The molecule has 2 heterocycles. The largest absolute Gasteiger partial charge is 0.478 e. The van der Waals surface area contributed by atoms with Gasteiger partial charge in [-0.3, -0.25) is 0 Å². The van der Waals surface area contributed by atoms with E-state index in [2.05, 4.69) is 14.9 Å². The first-order chi connectivity index (χ1) is 9.26. The van der Waals surface area contributed by atoms with Crippen LogP contribution in [0.1, 0.15) is 19.8 Å². The van der Waals surface area contributed by atoms with Crippen molar-refractivity contribution in [1.29, 1.82) is 0 Å². The van der Waals surface area contributed by atoms with Crippen molar-refractivity contribution in [3.8, 4) is 5.88 Å². The Kier molecular flexibility index (Phi) is 5.27. The molecule has 1 saturated heterocycles. The van der Waals surface area contributed by atoms with Crippen LogP contribution in [-0.2, 0) is 0 Å². The average molecular weight is 283 g/mol. The zero-order valence-corrected chi connectivity index (χ0v) is 12.3. The maximum atomic E-state index is 9.18. The fraction of sp³-hybridized carbons (Fsp3) is 0.692. The van der Waals surface area contributed by atoms with E-state index in [0.717, 1.165) is 36.9 Å². The van der Waals surface area contributed by atoms with Gasteiger partial charge >= 0.3 is 0 Å². The van der Waals surface area contributed by atoms with Gasteiger partial charge in [-0.05, 0) is 31.9 Å². The summed E-state index contributed by atoms with van der Waals surface area (Å²) < 4.78 is 5.49. The number of piperidine rings is 1. The van der Waals surface area contributed by atoms with Crippen LogP contribution >= 0.6 is 11.8 Å². The van der Waals surface area contributed by atoms with Crippen molar-refractivity contribution in [2.75, 3.05) is 37.5 Å². The molecule has 0 spiro atoms. The second kappa shape index (κ2) is 6.96. The SMILES string of the molecule is CCOc1cc(N2CCC(CO)CC2)nc(SC)n1. The first-order valence-corrected chi connectivity index (χ1v) is 7.91. The quantitative estimate of drug-likeness (QED) is 0.657. The molecule has 1 N–H and O–H groups in total.